The second kappa shape index (κ2) is 5.95. The Balaban J connectivity index is 1.73. The van der Waals surface area contributed by atoms with Crippen LogP contribution in [0.3, 0.4) is 0 Å². The van der Waals surface area contributed by atoms with Gasteiger partial charge in [-0.2, -0.15) is 11.8 Å². The van der Waals surface area contributed by atoms with Gasteiger partial charge in [0.25, 0.3) is 0 Å². The molecule has 3 rings (SSSR count). The molecule has 0 aromatic heterocycles. The molecule has 20 heavy (non-hydrogen) atoms. The van der Waals surface area contributed by atoms with E-state index in [0.29, 0.717) is 17.4 Å². The van der Waals surface area contributed by atoms with Crippen molar-refractivity contribution in [2.75, 3.05) is 29.9 Å². The Kier molecular flexibility index (Phi) is 4.23. The van der Waals surface area contributed by atoms with E-state index in [1.165, 1.54) is 0 Å². The predicted molar refractivity (Wildman–Crippen MR) is 83.9 cm³/mol. The second-order valence-electron chi connectivity index (χ2n) is 5.43. The van der Waals surface area contributed by atoms with Crippen LogP contribution < -0.4 is 10.0 Å². The highest BCUT2D eigenvalue weighted by Crippen LogP contribution is 2.26. The molecular weight excluding hydrogens is 292 g/mol. The van der Waals surface area contributed by atoms with Crippen molar-refractivity contribution in [2.45, 2.75) is 24.2 Å². The molecule has 0 aliphatic carbocycles. The maximum Gasteiger partial charge on any atom is 0.240 e. The zero-order chi connectivity index (χ0) is 14.0. The first-order valence-corrected chi connectivity index (χ1v) is 9.73. The minimum atomic E-state index is -3.37. The van der Waals surface area contributed by atoms with E-state index in [4.69, 9.17) is 0 Å². The molecule has 0 bridgehead atoms. The lowest BCUT2D eigenvalue weighted by Crippen LogP contribution is -2.29. The molecule has 0 amide bonds. The van der Waals surface area contributed by atoms with Crippen LogP contribution in [0.2, 0.25) is 0 Å². The maximum atomic E-state index is 12.3. The fourth-order valence-corrected chi connectivity index (χ4v) is 5.12. The minimum absolute atomic E-state index is 0.394. The number of benzene rings is 1. The van der Waals surface area contributed by atoms with Gasteiger partial charge in [0.2, 0.25) is 10.0 Å². The standard InChI is InChI=1S/C14H20N2O2S2/c17-20(18,16-9-11-5-7-19-10-11)13-3-4-14-12(8-13)2-1-6-15-14/h3-4,8,11,15-16H,1-2,5-7,9-10H2. The van der Waals surface area contributed by atoms with Crippen LogP contribution in [0, 0.1) is 5.92 Å². The zero-order valence-electron chi connectivity index (χ0n) is 11.4. The molecule has 6 heteroatoms. The van der Waals surface area contributed by atoms with Gasteiger partial charge in [0.15, 0.2) is 0 Å². The van der Waals surface area contributed by atoms with Crippen LogP contribution in [0.15, 0.2) is 23.1 Å². The molecule has 2 N–H and O–H groups in total. The third kappa shape index (κ3) is 3.13. The monoisotopic (exact) mass is 312 g/mol. The van der Waals surface area contributed by atoms with Crippen LogP contribution in [0.25, 0.3) is 0 Å². The van der Waals surface area contributed by atoms with Gasteiger partial charge in [0.05, 0.1) is 4.90 Å². The van der Waals surface area contributed by atoms with E-state index in [-0.39, 0.29) is 0 Å². The molecule has 4 nitrogen and oxygen atoms in total. The topological polar surface area (TPSA) is 58.2 Å². The van der Waals surface area contributed by atoms with Crippen LogP contribution in [0.5, 0.6) is 0 Å². The molecule has 2 aliphatic heterocycles. The molecule has 0 spiro atoms. The molecule has 1 aromatic rings. The molecule has 2 heterocycles. The van der Waals surface area contributed by atoms with Gasteiger partial charge in [0, 0.05) is 18.8 Å². The summed E-state index contributed by atoms with van der Waals surface area (Å²) in [6.07, 6.45) is 3.12. The highest BCUT2D eigenvalue weighted by Gasteiger charge is 2.21. The van der Waals surface area contributed by atoms with Crippen molar-refractivity contribution in [2.24, 2.45) is 5.92 Å². The van der Waals surface area contributed by atoms with E-state index in [1.807, 2.05) is 23.9 Å². The Hall–Kier alpha value is -0.720. The molecule has 110 valence electrons. The van der Waals surface area contributed by atoms with Crippen molar-refractivity contribution in [3.8, 4) is 0 Å². The number of aryl methyl sites for hydroxylation is 1. The van der Waals surface area contributed by atoms with Gasteiger partial charge in [-0.25, -0.2) is 13.1 Å². The summed E-state index contributed by atoms with van der Waals surface area (Å²) in [6.45, 7) is 1.53. The number of rotatable bonds is 4. The fraction of sp³-hybridized carbons (Fsp3) is 0.571. The van der Waals surface area contributed by atoms with Gasteiger partial charge in [-0.1, -0.05) is 0 Å². The first-order valence-electron chi connectivity index (χ1n) is 7.09. The van der Waals surface area contributed by atoms with E-state index in [2.05, 4.69) is 10.0 Å². The summed E-state index contributed by atoms with van der Waals surface area (Å²) < 4.78 is 27.4. The Morgan fingerprint density at radius 1 is 1.40 bits per heavy atom. The SMILES string of the molecule is O=S(=O)(NCC1CCSC1)c1ccc2c(c1)CCCN2. The Morgan fingerprint density at radius 2 is 2.30 bits per heavy atom. The first kappa shape index (κ1) is 14.2. The summed E-state index contributed by atoms with van der Waals surface area (Å²) in [5, 5.41) is 3.30. The molecule has 2 aliphatic rings. The molecular formula is C14H20N2O2S2. The Morgan fingerprint density at radius 3 is 3.10 bits per heavy atom. The zero-order valence-corrected chi connectivity index (χ0v) is 13.0. The number of fused-ring (bicyclic) bond motifs is 1. The van der Waals surface area contributed by atoms with Gasteiger partial charge in [-0.3, -0.25) is 0 Å². The minimum Gasteiger partial charge on any atom is -0.385 e. The largest absolute Gasteiger partial charge is 0.385 e. The lowest BCUT2D eigenvalue weighted by molar-refractivity contribution is 0.545. The Labute approximate surface area is 124 Å². The van der Waals surface area contributed by atoms with Gasteiger partial charge < -0.3 is 5.32 Å². The van der Waals surface area contributed by atoms with Gasteiger partial charge in [-0.15, -0.1) is 0 Å². The number of anilines is 1. The quantitative estimate of drug-likeness (QED) is 0.894. The third-order valence-electron chi connectivity index (χ3n) is 3.91. The molecule has 1 saturated heterocycles. The third-order valence-corrected chi connectivity index (χ3v) is 6.56. The maximum absolute atomic E-state index is 12.3. The summed E-state index contributed by atoms with van der Waals surface area (Å²) in [5.74, 6) is 2.70. The molecule has 0 radical (unpaired) electrons. The summed E-state index contributed by atoms with van der Waals surface area (Å²) >= 11 is 1.90. The molecule has 1 unspecified atom stereocenters. The van der Waals surface area contributed by atoms with Crippen molar-refractivity contribution in [3.63, 3.8) is 0 Å². The van der Waals surface area contributed by atoms with E-state index in [1.54, 1.807) is 6.07 Å². The van der Waals surface area contributed by atoms with Crippen LogP contribution in [0.1, 0.15) is 18.4 Å². The molecule has 1 fully saturated rings. The predicted octanol–water partition coefficient (Wildman–Crippen LogP) is 2.08. The average molecular weight is 312 g/mol. The summed E-state index contributed by atoms with van der Waals surface area (Å²) in [7, 11) is -3.37. The summed E-state index contributed by atoms with van der Waals surface area (Å²) in [4.78, 5) is 0.394. The molecule has 1 atom stereocenters. The van der Waals surface area contributed by atoms with Crippen LogP contribution >= 0.6 is 11.8 Å². The van der Waals surface area contributed by atoms with Crippen molar-refractivity contribution in [3.05, 3.63) is 23.8 Å². The van der Waals surface area contributed by atoms with E-state index in [0.717, 1.165) is 48.6 Å². The fourth-order valence-electron chi connectivity index (χ4n) is 2.67. The van der Waals surface area contributed by atoms with Gasteiger partial charge >= 0.3 is 0 Å². The lowest BCUT2D eigenvalue weighted by Gasteiger charge is -2.19. The normalized spacial score (nSPS) is 22.3. The smallest absolute Gasteiger partial charge is 0.240 e. The van der Waals surface area contributed by atoms with Crippen molar-refractivity contribution in [1.29, 1.82) is 0 Å². The number of hydrogen-bond acceptors (Lipinski definition) is 4. The molecule has 0 saturated carbocycles. The van der Waals surface area contributed by atoms with Crippen LogP contribution in [-0.2, 0) is 16.4 Å². The molecule has 1 aromatic carbocycles. The van der Waals surface area contributed by atoms with Gasteiger partial charge in [0.1, 0.15) is 0 Å². The van der Waals surface area contributed by atoms with E-state index in [9.17, 15) is 8.42 Å². The van der Waals surface area contributed by atoms with Crippen molar-refractivity contribution in [1.82, 2.24) is 4.72 Å². The Bertz CT molecular complexity index is 581. The number of hydrogen-bond donors (Lipinski definition) is 2. The van der Waals surface area contributed by atoms with Crippen molar-refractivity contribution < 1.29 is 8.42 Å². The van der Waals surface area contributed by atoms with Crippen LogP contribution in [-0.4, -0.2) is 33.0 Å². The highest BCUT2D eigenvalue weighted by atomic mass is 32.2. The lowest BCUT2D eigenvalue weighted by atomic mass is 10.0. The number of nitrogens with one attached hydrogen (secondary N) is 2. The van der Waals surface area contributed by atoms with E-state index >= 15 is 0 Å². The van der Waals surface area contributed by atoms with Crippen LogP contribution in [0.4, 0.5) is 5.69 Å². The van der Waals surface area contributed by atoms with Crippen molar-refractivity contribution >= 4 is 27.5 Å². The van der Waals surface area contributed by atoms with E-state index < -0.39 is 10.0 Å². The number of thioether (sulfide) groups is 1. The summed E-state index contributed by atoms with van der Waals surface area (Å²) in [5.41, 5.74) is 2.18. The highest BCUT2D eigenvalue weighted by molar-refractivity contribution is 7.99. The van der Waals surface area contributed by atoms with Gasteiger partial charge in [-0.05, 0) is 60.4 Å². The average Bonchev–Trinajstić information content (AvgIpc) is 2.98. The number of sulfonamides is 1. The second-order valence-corrected chi connectivity index (χ2v) is 8.35. The summed E-state index contributed by atoms with van der Waals surface area (Å²) in [6, 6.07) is 5.39. The first-order chi connectivity index (χ1) is 9.65.